The van der Waals surface area contributed by atoms with Gasteiger partial charge >= 0.3 is 0 Å². The van der Waals surface area contributed by atoms with Crippen molar-refractivity contribution in [2.45, 2.75) is 0 Å². The van der Waals surface area contributed by atoms with Crippen LogP contribution in [0.4, 0.5) is 17.1 Å². The molecule has 0 N–H and O–H groups in total. The minimum atomic E-state index is 0.852. The van der Waals surface area contributed by atoms with E-state index < -0.39 is 0 Å². The molecule has 0 aliphatic carbocycles. The van der Waals surface area contributed by atoms with Crippen LogP contribution in [-0.2, 0) is 0 Å². The molecule has 11 aromatic rings. The van der Waals surface area contributed by atoms with E-state index in [1.54, 1.807) is 0 Å². The molecule has 0 saturated heterocycles. The molecule has 1 aromatic heterocycles. The van der Waals surface area contributed by atoms with Gasteiger partial charge < -0.3 is 9.32 Å². The van der Waals surface area contributed by atoms with E-state index in [0.717, 1.165) is 61.3 Å². The average molecular weight is 766 g/mol. The number of nitrogens with zero attached hydrogens (tertiary/aromatic N) is 1. The Kier molecular flexibility index (Phi) is 8.87. The smallest absolute Gasteiger partial charge is 0.137 e. The van der Waals surface area contributed by atoms with Crippen LogP contribution < -0.4 is 4.90 Å². The molecule has 1 heterocycles. The van der Waals surface area contributed by atoms with Crippen LogP contribution in [0.5, 0.6) is 0 Å². The third kappa shape index (κ3) is 6.41. The van der Waals surface area contributed by atoms with Crippen molar-refractivity contribution in [1.82, 2.24) is 0 Å². The van der Waals surface area contributed by atoms with Crippen molar-refractivity contribution in [2.75, 3.05) is 4.90 Å². The van der Waals surface area contributed by atoms with Crippen molar-refractivity contribution >= 4 is 49.8 Å². The Bertz CT molecular complexity index is 3290. The van der Waals surface area contributed by atoms with Crippen molar-refractivity contribution in [2.24, 2.45) is 0 Å². The zero-order chi connectivity index (χ0) is 39.8. The standard InChI is InChI=1S/C58H39NO/c1-4-15-40(16-5-1)45-30-29-43-21-13-26-52(54(43)38-45)47-22-12-23-49(37-47)59(48-34-31-44(32-35-48)51-25-11-10-24-50(51)42-19-8-3-9-20-42)55-27-14-28-56-58(55)53-36-33-46(39-57(53)60-56)41-17-6-2-7-18-41/h1-39H. The molecule has 11 rings (SSSR count). The van der Waals surface area contributed by atoms with Crippen molar-refractivity contribution in [1.29, 1.82) is 0 Å². The third-order valence-electron chi connectivity index (χ3n) is 11.7. The van der Waals surface area contributed by atoms with Crippen molar-refractivity contribution in [3.63, 3.8) is 0 Å². The summed E-state index contributed by atoms with van der Waals surface area (Å²) in [6.45, 7) is 0. The highest BCUT2D eigenvalue weighted by molar-refractivity contribution is 6.14. The van der Waals surface area contributed by atoms with E-state index in [0.29, 0.717) is 0 Å². The molecule has 10 aromatic carbocycles. The van der Waals surface area contributed by atoms with Crippen molar-refractivity contribution < 1.29 is 4.42 Å². The summed E-state index contributed by atoms with van der Waals surface area (Å²) >= 11 is 0. The molecular formula is C58H39NO. The summed E-state index contributed by atoms with van der Waals surface area (Å²) in [5.74, 6) is 0. The van der Waals surface area contributed by atoms with E-state index in [1.165, 1.54) is 44.2 Å². The summed E-state index contributed by atoms with van der Waals surface area (Å²) in [6.07, 6.45) is 0. The molecule has 0 aliphatic heterocycles. The predicted molar refractivity (Wildman–Crippen MR) is 253 cm³/mol. The normalized spacial score (nSPS) is 11.3. The maximum absolute atomic E-state index is 6.67. The van der Waals surface area contributed by atoms with Gasteiger partial charge in [0.15, 0.2) is 0 Å². The summed E-state index contributed by atoms with van der Waals surface area (Å²) in [5, 5.41) is 4.59. The molecule has 2 heteroatoms. The van der Waals surface area contributed by atoms with Crippen LogP contribution in [-0.4, -0.2) is 0 Å². The van der Waals surface area contributed by atoms with Gasteiger partial charge in [0.1, 0.15) is 11.2 Å². The Balaban J connectivity index is 1.08. The maximum Gasteiger partial charge on any atom is 0.137 e. The highest BCUT2D eigenvalue weighted by Gasteiger charge is 2.21. The lowest BCUT2D eigenvalue weighted by molar-refractivity contribution is 0.669. The fourth-order valence-corrected chi connectivity index (χ4v) is 8.77. The second-order valence-electron chi connectivity index (χ2n) is 15.3. The van der Waals surface area contributed by atoms with Gasteiger partial charge in [0, 0.05) is 16.8 Å². The van der Waals surface area contributed by atoms with E-state index in [9.17, 15) is 0 Å². The van der Waals surface area contributed by atoms with Crippen LogP contribution in [0.1, 0.15) is 0 Å². The SMILES string of the molecule is c1ccc(-c2ccc3c(c2)oc2cccc(N(c4ccc(-c5ccccc5-c5ccccc5)cc4)c4cccc(-c5cccc6ccc(-c7ccccc7)cc56)c4)c23)cc1. The molecule has 0 radical (unpaired) electrons. The van der Waals surface area contributed by atoms with Gasteiger partial charge in [-0.25, -0.2) is 0 Å². The molecule has 0 unspecified atom stereocenters. The monoisotopic (exact) mass is 765 g/mol. The van der Waals surface area contributed by atoms with E-state index in [-0.39, 0.29) is 0 Å². The van der Waals surface area contributed by atoms with Gasteiger partial charge in [-0.1, -0.05) is 182 Å². The lowest BCUT2D eigenvalue weighted by Crippen LogP contribution is -2.10. The van der Waals surface area contributed by atoms with Crippen LogP contribution in [0.15, 0.2) is 241 Å². The number of benzene rings is 10. The molecular weight excluding hydrogens is 727 g/mol. The zero-order valence-electron chi connectivity index (χ0n) is 32.9. The van der Waals surface area contributed by atoms with Gasteiger partial charge in [-0.05, 0) is 121 Å². The molecule has 60 heavy (non-hydrogen) atoms. The first kappa shape index (κ1) is 35.2. The average Bonchev–Trinajstić information content (AvgIpc) is 3.71. The third-order valence-corrected chi connectivity index (χ3v) is 11.7. The van der Waals surface area contributed by atoms with Crippen LogP contribution in [0.3, 0.4) is 0 Å². The van der Waals surface area contributed by atoms with Crippen LogP contribution >= 0.6 is 0 Å². The second kappa shape index (κ2) is 15.1. The van der Waals surface area contributed by atoms with Gasteiger partial charge in [0.25, 0.3) is 0 Å². The lowest BCUT2D eigenvalue weighted by atomic mass is 9.94. The number of hydrogen-bond donors (Lipinski definition) is 0. The zero-order valence-corrected chi connectivity index (χ0v) is 32.9. The minimum absolute atomic E-state index is 0.852. The number of hydrogen-bond acceptors (Lipinski definition) is 2. The van der Waals surface area contributed by atoms with Crippen LogP contribution in [0.2, 0.25) is 0 Å². The van der Waals surface area contributed by atoms with Gasteiger partial charge in [0.2, 0.25) is 0 Å². The second-order valence-corrected chi connectivity index (χ2v) is 15.3. The number of rotatable bonds is 8. The summed E-state index contributed by atoms with van der Waals surface area (Å²) in [4.78, 5) is 2.39. The Labute approximate surface area is 349 Å². The highest BCUT2D eigenvalue weighted by Crippen LogP contribution is 2.45. The van der Waals surface area contributed by atoms with Crippen molar-refractivity contribution in [3.05, 3.63) is 237 Å². The van der Waals surface area contributed by atoms with E-state index >= 15 is 0 Å². The van der Waals surface area contributed by atoms with Gasteiger partial charge in [0.05, 0.1) is 11.1 Å². The van der Waals surface area contributed by atoms with Gasteiger partial charge in [-0.2, -0.15) is 0 Å². The highest BCUT2D eigenvalue weighted by atomic mass is 16.3. The number of anilines is 3. The number of fused-ring (bicyclic) bond motifs is 4. The molecule has 2 nitrogen and oxygen atoms in total. The molecule has 282 valence electrons. The Morgan fingerprint density at radius 2 is 0.833 bits per heavy atom. The summed E-state index contributed by atoms with van der Waals surface area (Å²) in [7, 11) is 0. The molecule has 0 fully saturated rings. The first-order valence-corrected chi connectivity index (χ1v) is 20.5. The summed E-state index contributed by atoms with van der Waals surface area (Å²) < 4.78 is 6.67. The maximum atomic E-state index is 6.67. The Morgan fingerprint density at radius 1 is 0.283 bits per heavy atom. The first-order valence-electron chi connectivity index (χ1n) is 20.5. The summed E-state index contributed by atoms with van der Waals surface area (Å²) in [6, 6.07) is 84.8. The van der Waals surface area contributed by atoms with Gasteiger partial charge in [-0.15, -0.1) is 0 Å². The Hall–Kier alpha value is -7.94. The van der Waals surface area contributed by atoms with Crippen LogP contribution in [0.25, 0.3) is 88.3 Å². The fourth-order valence-electron chi connectivity index (χ4n) is 8.77. The molecule has 0 bridgehead atoms. The summed E-state index contributed by atoms with van der Waals surface area (Å²) in [5.41, 5.74) is 16.7. The largest absolute Gasteiger partial charge is 0.456 e. The molecule has 0 atom stereocenters. The topological polar surface area (TPSA) is 16.4 Å². The Morgan fingerprint density at radius 3 is 1.55 bits per heavy atom. The van der Waals surface area contributed by atoms with E-state index in [1.807, 2.05) is 0 Å². The fraction of sp³-hybridized carbons (Fsp3) is 0. The minimum Gasteiger partial charge on any atom is -0.456 e. The predicted octanol–water partition coefficient (Wildman–Crippen LogP) is 16.5. The number of furan rings is 1. The quantitative estimate of drug-likeness (QED) is 0.153. The van der Waals surface area contributed by atoms with E-state index in [4.69, 9.17) is 4.42 Å². The van der Waals surface area contributed by atoms with Crippen molar-refractivity contribution in [3.8, 4) is 55.6 Å². The lowest BCUT2D eigenvalue weighted by Gasteiger charge is -2.27. The molecule has 0 aliphatic rings. The first-order chi connectivity index (χ1) is 29.7. The molecule has 0 saturated carbocycles. The molecule has 0 spiro atoms. The molecule has 0 amide bonds. The van der Waals surface area contributed by atoms with E-state index in [2.05, 4.69) is 241 Å². The van der Waals surface area contributed by atoms with Crippen LogP contribution in [0, 0.1) is 0 Å². The van der Waals surface area contributed by atoms with Gasteiger partial charge in [-0.3, -0.25) is 0 Å².